The van der Waals surface area contributed by atoms with E-state index in [4.69, 9.17) is 4.74 Å². The van der Waals surface area contributed by atoms with Crippen LogP contribution in [0.15, 0.2) is 36.4 Å². The van der Waals surface area contributed by atoms with Crippen molar-refractivity contribution < 1.29 is 19.1 Å². The van der Waals surface area contributed by atoms with Gasteiger partial charge < -0.3 is 20.3 Å². The second-order valence-electron chi connectivity index (χ2n) is 9.45. The van der Waals surface area contributed by atoms with Crippen molar-refractivity contribution in [2.24, 2.45) is 0 Å². The Morgan fingerprint density at radius 1 is 1.14 bits per heavy atom. The fraction of sp³-hybridized carbons (Fsp3) is 0.538. The van der Waals surface area contributed by atoms with Gasteiger partial charge in [-0.15, -0.1) is 0 Å². The normalized spacial score (nSPS) is 18.6. The molecule has 35 heavy (non-hydrogen) atoms. The molecule has 0 radical (unpaired) electrons. The minimum atomic E-state index is -0.452. The zero-order chi connectivity index (χ0) is 24.8. The maximum Gasteiger partial charge on any atom is 0.272 e. The maximum absolute atomic E-state index is 13.0. The molecule has 1 aliphatic carbocycles. The molecular formula is C26H35N5O4. The molecular weight excluding hydrogens is 446 g/mol. The third-order valence-corrected chi connectivity index (χ3v) is 6.68. The number of likely N-dealkylation sites (tertiary alicyclic amines) is 1. The van der Waals surface area contributed by atoms with E-state index in [1.807, 2.05) is 37.3 Å². The molecule has 9 nitrogen and oxygen atoms in total. The van der Waals surface area contributed by atoms with Crippen LogP contribution in [0.25, 0.3) is 5.69 Å². The summed E-state index contributed by atoms with van der Waals surface area (Å²) < 4.78 is 7.41. The molecule has 188 valence electrons. The molecule has 2 N–H and O–H groups in total. The predicted molar refractivity (Wildman–Crippen MR) is 131 cm³/mol. The zero-order valence-corrected chi connectivity index (χ0v) is 20.5. The number of aromatic nitrogens is 2. The van der Waals surface area contributed by atoms with E-state index in [1.165, 1.54) is 4.68 Å². The topological polar surface area (TPSA) is 106 Å². The molecule has 1 aromatic heterocycles. The van der Waals surface area contributed by atoms with Crippen molar-refractivity contribution in [3.8, 4) is 11.6 Å². The first-order valence-corrected chi connectivity index (χ1v) is 12.6. The van der Waals surface area contributed by atoms with E-state index in [2.05, 4.69) is 22.7 Å². The molecule has 0 spiro atoms. The highest BCUT2D eigenvalue weighted by molar-refractivity contribution is 5.93. The van der Waals surface area contributed by atoms with Crippen LogP contribution in [-0.2, 0) is 9.59 Å². The molecule has 2 aliphatic rings. The second-order valence-corrected chi connectivity index (χ2v) is 9.45. The largest absolute Gasteiger partial charge is 0.467 e. The van der Waals surface area contributed by atoms with Crippen LogP contribution in [0.3, 0.4) is 0 Å². The van der Waals surface area contributed by atoms with Crippen molar-refractivity contribution in [2.75, 3.05) is 13.2 Å². The summed E-state index contributed by atoms with van der Waals surface area (Å²) in [5, 5.41) is 10.5. The van der Waals surface area contributed by atoms with Gasteiger partial charge in [-0.2, -0.15) is 5.10 Å². The van der Waals surface area contributed by atoms with E-state index in [1.54, 1.807) is 11.0 Å². The van der Waals surface area contributed by atoms with Gasteiger partial charge in [-0.1, -0.05) is 31.5 Å². The molecule has 2 fully saturated rings. The smallest absolute Gasteiger partial charge is 0.272 e. The standard InChI is InChI=1S/C26H35N5O4/c1-3-9-18(2)27-25(33)21-16-24(31(29-21)20-12-5-4-6-13-20)35-17-23(32)30-15-8-14-22(30)26(34)28-19-10-7-11-19/h4-6,12-13,16,18-19,22H,3,7-11,14-15,17H2,1-2H3,(H,27,33)(H,28,34)/t18-,22-/m0/s1. The highest BCUT2D eigenvalue weighted by Crippen LogP contribution is 2.23. The van der Waals surface area contributed by atoms with Gasteiger partial charge in [-0.3, -0.25) is 14.4 Å². The minimum absolute atomic E-state index is 0.0264. The van der Waals surface area contributed by atoms with Gasteiger partial charge in [0.25, 0.3) is 11.8 Å². The number of nitrogens with one attached hydrogen (secondary N) is 2. The van der Waals surface area contributed by atoms with E-state index < -0.39 is 6.04 Å². The fourth-order valence-corrected chi connectivity index (χ4v) is 4.54. The number of carbonyl (C=O) groups is 3. The van der Waals surface area contributed by atoms with E-state index in [-0.39, 0.29) is 42.1 Å². The van der Waals surface area contributed by atoms with Crippen molar-refractivity contribution in [1.29, 1.82) is 0 Å². The van der Waals surface area contributed by atoms with Gasteiger partial charge in [0, 0.05) is 24.7 Å². The fourth-order valence-electron chi connectivity index (χ4n) is 4.54. The maximum atomic E-state index is 13.0. The van der Waals surface area contributed by atoms with Crippen LogP contribution < -0.4 is 15.4 Å². The highest BCUT2D eigenvalue weighted by atomic mass is 16.5. The first-order chi connectivity index (χ1) is 17.0. The lowest BCUT2D eigenvalue weighted by molar-refractivity contribution is -0.140. The molecule has 1 saturated heterocycles. The summed E-state index contributed by atoms with van der Waals surface area (Å²) in [6.07, 6.45) is 6.43. The van der Waals surface area contributed by atoms with Crippen LogP contribution >= 0.6 is 0 Å². The summed E-state index contributed by atoms with van der Waals surface area (Å²) in [7, 11) is 0. The number of carbonyl (C=O) groups excluding carboxylic acids is 3. The zero-order valence-electron chi connectivity index (χ0n) is 20.5. The predicted octanol–water partition coefficient (Wildman–Crippen LogP) is 2.83. The Kier molecular flexibility index (Phi) is 8.05. The number of ether oxygens (including phenoxy) is 1. The van der Waals surface area contributed by atoms with Crippen molar-refractivity contribution in [3.05, 3.63) is 42.1 Å². The lowest BCUT2D eigenvalue weighted by Gasteiger charge is -2.30. The molecule has 2 heterocycles. The van der Waals surface area contributed by atoms with Gasteiger partial charge in [0.2, 0.25) is 11.8 Å². The van der Waals surface area contributed by atoms with Crippen LogP contribution in [0, 0.1) is 0 Å². The lowest BCUT2D eigenvalue weighted by atomic mass is 9.93. The molecule has 0 unspecified atom stereocenters. The molecule has 3 amide bonds. The third-order valence-electron chi connectivity index (χ3n) is 6.68. The number of rotatable bonds is 10. The van der Waals surface area contributed by atoms with Gasteiger partial charge in [-0.05, 0) is 57.6 Å². The van der Waals surface area contributed by atoms with Crippen LogP contribution in [-0.4, -0.2) is 63.7 Å². The quantitative estimate of drug-likeness (QED) is 0.543. The number of hydrogen-bond acceptors (Lipinski definition) is 5. The average Bonchev–Trinajstić information content (AvgIpc) is 3.48. The number of amides is 3. The summed E-state index contributed by atoms with van der Waals surface area (Å²) in [5.41, 5.74) is 0.938. The van der Waals surface area contributed by atoms with Crippen molar-refractivity contribution in [2.45, 2.75) is 76.9 Å². The molecule has 0 bridgehead atoms. The second kappa shape index (κ2) is 11.4. The Morgan fingerprint density at radius 3 is 2.60 bits per heavy atom. The highest BCUT2D eigenvalue weighted by Gasteiger charge is 2.35. The summed E-state index contributed by atoms with van der Waals surface area (Å²) in [6.45, 7) is 4.32. The Bertz CT molecular complexity index is 1030. The lowest BCUT2D eigenvalue weighted by Crippen LogP contribution is -2.51. The third kappa shape index (κ3) is 6.01. The van der Waals surface area contributed by atoms with Gasteiger partial charge in [-0.25, -0.2) is 4.68 Å². The summed E-state index contributed by atoms with van der Waals surface area (Å²) >= 11 is 0. The van der Waals surface area contributed by atoms with E-state index in [0.29, 0.717) is 18.8 Å². The molecule has 2 atom stereocenters. The van der Waals surface area contributed by atoms with Crippen molar-refractivity contribution in [3.63, 3.8) is 0 Å². The van der Waals surface area contributed by atoms with Crippen molar-refractivity contribution in [1.82, 2.24) is 25.3 Å². The van der Waals surface area contributed by atoms with Gasteiger partial charge >= 0.3 is 0 Å². The van der Waals surface area contributed by atoms with Crippen LogP contribution in [0.4, 0.5) is 0 Å². The average molecular weight is 482 g/mol. The number of nitrogens with zero attached hydrogens (tertiary/aromatic N) is 3. The Balaban J connectivity index is 1.45. The summed E-state index contributed by atoms with van der Waals surface area (Å²) in [6, 6.07) is 10.7. The number of benzene rings is 1. The van der Waals surface area contributed by atoms with Gasteiger partial charge in [0.15, 0.2) is 12.3 Å². The van der Waals surface area contributed by atoms with Crippen LogP contribution in [0.5, 0.6) is 5.88 Å². The van der Waals surface area contributed by atoms with E-state index in [9.17, 15) is 14.4 Å². The first-order valence-electron chi connectivity index (χ1n) is 12.6. The summed E-state index contributed by atoms with van der Waals surface area (Å²) in [5.74, 6) is -0.314. The monoisotopic (exact) mass is 481 g/mol. The Labute approximate surface area is 206 Å². The molecule has 2 aromatic rings. The summed E-state index contributed by atoms with van der Waals surface area (Å²) in [4.78, 5) is 40.1. The van der Waals surface area contributed by atoms with Crippen LogP contribution in [0.1, 0.15) is 69.3 Å². The molecule has 1 saturated carbocycles. The van der Waals surface area contributed by atoms with E-state index >= 15 is 0 Å². The Hall–Kier alpha value is -3.36. The van der Waals surface area contributed by atoms with Crippen LogP contribution in [0.2, 0.25) is 0 Å². The SMILES string of the molecule is CCC[C@H](C)NC(=O)c1cc(OCC(=O)N2CCC[C@H]2C(=O)NC2CCC2)n(-c2ccccc2)n1. The molecule has 1 aliphatic heterocycles. The molecule has 1 aromatic carbocycles. The molecule has 4 rings (SSSR count). The molecule has 9 heteroatoms. The number of hydrogen-bond donors (Lipinski definition) is 2. The Morgan fingerprint density at radius 2 is 1.91 bits per heavy atom. The van der Waals surface area contributed by atoms with E-state index in [0.717, 1.165) is 44.2 Å². The van der Waals surface area contributed by atoms with Gasteiger partial charge in [0.1, 0.15) is 6.04 Å². The minimum Gasteiger partial charge on any atom is -0.467 e. The van der Waals surface area contributed by atoms with Crippen molar-refractivity contribution >= 4 is 17.7 Å². The number of para-hydroxylation sites is 1. The van der Waals surface area contributed by atoms with Gasteiger partial charge in [0.05, 0.1) is 5.69 Å². The first kappa shape index (κ1) is 24.8.